The minimum atomic E-state index is -0.169. The fraction of sp³-hybridized carbons (Fsp3) is 0.200. The van der Waals surface area contributed by atoms with Gasteiger partial charge in [-0.1, -0.05) is 5.16 Å². The van der Waals surface area contributed by atoms with E-state index in [1.54, 1.807) is 81.0 Å². The maximum absolute atomic E-state index is 13.3. The molecule has 0 aliphatic rings. The molecule has 4 rings (SSSR count). The lowest BCUT2D eigenvalue weighted by Gasteiger charge is -2.20. The molecule has 0 saturated heterocycles. The molecular formula is C25H24N2O6. The number of aromatic nitrogens is 1. The molecule has 0 saturated carbocycles. The number of benzene rings is 2. The van der Waals surface area contributed by atoms with Gasteiger partial charge in [0.2, 0.25) is 0 Å². The van der Waals surface area contributed by atoms with Crippen LogP contribution in [0.4, 0.5) is 0 Å². The summed E-state index contributed by atoms with van der Waals surface area (Å²) in [6.45, 7) is 0.504. The van der Waals surface area contributed by atoms with Gasteiger partial charge in [-0.25, -0.2) is 0 Å². The minimum absolute atomic E-state index is 0.169. The Labute approximate surface area is 191 Å². The third kappa shape index (κ3) is 5.01. The number of nitrogens with zero attached hydrogens (tertiary/aromatic N) is 2. The molecule has 0 atom stereocenters. The second-order valence-electron chi connectivity index (χ2n) is 7.22. The van der Waals surface area contributed by atoms with Crippen LogP contribution in [-0.2, 0) is 13.1 Å². The van der Waals surface area contributed by atoms with Gasteiger partial charge in [-0.05, 0) is 54.6 Å². The van der Waals surface area contributed by atoms with E-state index < -0.39 is 0 Å². The predicted molar refractivity (Wildman–Crippen MR) is 120 cm³/mol. The zero-order chi connectivity index (χ0) is 23.2. The third-order valence-electron chi connectivity index (χ3n) is 5.13. The lowest BCUT2D eigenvalue weighted by atomic mass is 10.1. The number of furan rings is 1. The van der Waals surface area contributed by atoms with Crippen molar-refractivity contribution in [2.45, 2.75) is 13.1 Å². The van der Waals surface area contributed by atoms with E-state index in [1.165, 1.54) is 0 Å². The summed E-state index contributed by atoms with van der Waals surface area (Å²) in [5.74, 6) is 2.97. The molecule has 8 heteroatoms. The largest absolute Gasteiger partial charge is 0.497 e. The fourth-order valence-corrected chi connectivity index (χ4v) is 3.42. The maximum atomic E-state index is 13.3. The number of amides is 1. The van der Waals surface area contributed by atoms with Gasteiger partial charge in [-0.15, -0.1) is 0 Å². The van der Waals surface area contributed by atoms with E-state index in [-0.39, 0.29) is 19.0 Å². The predicted octanol–water partition coefficient (Wildman–Crippen LogP) is 4.80. The van der Waals surface area contributed by atoms with Crippen LogP contribution in [0.15, 0.2) is 75.9 Å². The van der Waals surface area contributed by atoms with Crippen molar-refractivity contribution >= 4 is 5.91 Å². The molecule has 0 bridgehead atoms. The molecule has 0 radical (unpaired) electrons. The van der Waals surface area contributed by atoms with Crippen LogP contribution in [0, 0.1) is 0 Å². The summed E-state index contributed by atoms with van der Waals surface area (Å²) >= 11 is 0. The van der Waals surface area contributed by atoms with Gasteiger partial charge < -0.3 is 28.1 Å². The number of carbonyl (C=O) groups is 1. The molecule has 2 aromatic heterocycles. The van der Waals surface area contributed by atoms with Gasteiger partial charge in [0.15, 0.2) is 5.76 Å². The van der Waals surface area contributed by atoms with Gasteiger partial charge in [-0.2, -0.15) is 0 Å². The van der Waals surface area contributed by atoms with Crippen molar-refractivity contribution in [2.24, 2.45) is 0 Å². The average Bonchev–Trinajstić information content (AvgIpc) is 3.55. The van der Waals surface area contributed by atoms with Crippen LogP contribution in [0.2, 0.25) is 0 Å². The quantitative estimate of drug-likeness (QED) is 0.363. The van der Waals surface area contributed by atoms with Crippen molar-refractivity contribution < 1.29 is 27.9 Å². The zero-order valence-electron chi connectivity index (χ0n) is 18.6. The minimum Gasteiger partial charge on any atom is -0.497 e. The van der Waals surface area contributed by atoms with E-state index in [0.717, 1.165) is 0 Å². The van der Waals surface area contributed by atoms with Crippen molar-refractivity contribution in [3.63, 3.8) is 0 Å². The lowest BCUT2D eigenvalue weighted by Crippen LogP contribution is -2.30. The van der Waals surface area contributed by atoms with Crippen LogP contribution in [0.25, 0.3) is 11.3 Å². The molecule has 0 aliphatic heterocycles. The van der Waals surface area contributed by atoms with Crippen LogP contribution < -0.4 is 14.2 Å². The van der Waals surface area contributed by atoms with Gasteiger partial charge >= 0.3 is 0 Å². The molecular weight excluding hydrogens is 424 g/mol. The van der Waals surface area contributed by atoms with Crippen molar-refractivity contribution in [3.05, 3.63) is 83.9 Å². The highest BCUT2D eigenvalue weighted by atomic mass is 16.5. The number of methoxy groups -OCH3 is 3. The Kier molecular flexibility index (Phi) is 6.64. The number of rotatable bonds is 9. The summed E-state index contributed by atoms with van der Waals surface area (Å²) in [5, 5.41) is 4.18. The normalized spacial score (nSPS) is 10.6. The Bertz CT molecular complexity index is 1200. The Balaban J connectivity index is 1.60. The molecule has 0 spiro atoms. The SMILES string of the molecule is COc1ccc(C(=O)N(Cc2cc(-c3cc(OC)ccc3OC)on2)Cc2ccco2)cc1. The average molecular weight is 448 g/mol. The number of ether oxygens (including phenoxy) is 3. The van der Waals surface area contributed by atoms with Crippen molar-refractivity contribution in [2.75, 3.05) is 21.3 Å². The summed E-state index contributed by atoms with van der Waals surface area (Å²) in [6.07, 6.45) is 1.58. The second-order valence-corrected chi connectivity index (χ2v) is 7.22. The molecule has 1 amide bonds. The monoisotopic (exact) mass is 448 g/mol. The summed E-state index contributed by atoms with van der Waals surface area (Å²) in [7, 11) is 4.76. The van der Waals surface area contributed by atoms with Crippen molar-refractivity contribution in [1.82, 2.24) is 10.1 Å². The van der Waals surface area contributed by atoms with E-state index in [4.69, 9.17) is 23.2 Å². The van der Waals surface area contributed by atoms with E-state index in [9.17, 15) is 4.79 Å². The first kappa shape index (κ1) is 22.0. The van der Waals surface area contributed by atoms with Gasteiger partial charge in [-0.3, -0.25) is 4.79 Å². The molecule has 170 valence electrons. The van der Waals surface area contributed by atoms with Crippen LogP contribution in [-0.4, -0.2) is 37.3 Å². The van der Waals surface area contributed by atoms with Crippen LogP contribution >= 0.6 is 0 Å². The summed E-state index contributed by atoms with van der Waals surface area (Å²) in [4.78, 5) is 14.9. The van der Waals surface area contributed by atoms with E-state index in [0.29, 0.717) is 45.6 Å². The van der Waals surface area contributed by atoms with Gasteiger partial charge in [0.1, 0.15) is 28.7 Å². The van der Waals surface area contributed by atoms with E-state index >= 15 is 0 Å². The lowest BCUT2D eigenvalue weighted by molar-refractivity contribution is 0.0713. The highest BCUT2D eigenvalue weighted by Crippen LogP contribution is 2.34. The molecule has 8 nitrogen and oxygen atoms in total. The smallest absolute Gasteiger partial charge is 0.254 e. The first-order valence-corrected chi connectivity index (χ1v) is 10.2. The number of carbonyl (C=O) groups excluding carboxylic acids is 1. The van der Waals surface area contributed by atoms with Gasteiger partial charge in [0.05, 0.1) is 46.2 Å². The van der Waals surface area contributed by atoms with Crippen LogP contribution in [0.5, 0.6) is 17.2 Å². The Hall–Kier alpha value is -4.20. The summed E-state index contributed by atoms with van der Waals surface area (Å²) in [5.41, 5.74) is 1.82. The highest BCUT2D eigenvalue weighted by molar-refractivity contribution is 5.94. The topological polar surface area (TPSA) is 87.2 Å². The Morgan fingerprint density at radius 3 is 2.33 bits per heavy atom. The molecule has 2 aromatic carbocycles. The zero-order valence-corrected chi connectivity index (χ0v) is 18.6. The second kappa shape index (κ2) is 9.95. The molecule has 0 fully saturated rings. The Morgan fingerprint density at radius 1 is 0.909 bits per heavy atom. The standard InChI is InChI=1S/C25H24N2O6/c1-29-19-8-6-17(7-9-19)25(28)27(16-21-5-4-12-32-21)15-18-13-24(33-26-18)22-14-20(30-2)10-11-23(22)31-3/h4-14H,15-16H2,1-3H3. The number of hydrogen-bond acceptors (Lipinski definition) is 7. The molecule has 2 heterocycles. The summed E-state index contributed by atoms with van der Waals surface area (Å²) < 4.78 is 27.0. The molecule has 0 aliphatic carbocycles. The van der Waals surface area contributed by atoms with Crippen LogP contribution in [0.3, 0.4) is 0 Å². The first-order chi connectivity index (χ1) is 16.1. The molecule has 4 aromatic rings. The van der Waals surface area contributed by atoms with E-state index in [1.807, 2.05) is 12.1 Å². The maximum Gasteiger partial charge on any atom is 0.254 e. The highest BCUT2D eigenvalue weighted by Gasteiger charge is 2.21. The van der Waals surface area contributed by atoms with Crippen molar-refractivity contribution in [1.29, 1.82) is 0 Å². The first-order valence-electron chi connectivity index (χ1n) is 10.2. The van der Waals surface area contributed by atoms with Gasteiger partial charge in [0.25, 0.3) is 5.91 Å². The third-order valence-corrected chi connectivity index (χ3v) is 5.13. The van der Waals surface area contributed by atoms with E-state index in [2.05, 4.69) is 5.16 Å². The Morgan fingerprint density at radius 2 is 1.67 bits per heavy atom. The number of hydrogen-bond donors (Lipinski definition) is 0. The fourth-order valence-electron chi connectivity index (χ4n) is 3.42. The molecule has 0 N–H and O–H groups in total. The van der Waals surface area contributed by atoms with Gasteiger partial charge in [0, 0.05) is 11.6 Å². The van der Waals surface area contributed by atoms with Crippen molar-refractivity contribution in [3.8, 4) is 28.6 Å². The summed E-state index contributed by atoms with van der Waals surface area (Å²) in [6, 6.07) is 17.8. The molecule has 33 heavy (non-hydrogen) atoms. The van der Waals surface area contributed by atoms with Crippen LogP contribution in [0.1, 0.15) is 21.8 Å². The molecule has 0 unspecified atom stereocenters.